The molecule has 0 bridgehead atoms. The molecule has 1 saturated heterocycles. The number of sulfonamides is 1. The fourth-order valence-corrected chi connectivity index (χ4v) is 2.77. The van der Waals surface area contributed by atoms with Crippen LogP contribution >= 0.6 is 0 Å². The smallest absolute Gasteiger partial charge is 0.253 e. The third kappa shape index (κ3) is 1.88. The number of amides is 1. The number of ketones is 1. The summed E-state index contributed by atoms with van der Waals surface area (Å²) >= 11 is 0. The van der Waals surface area contributed by atoms with Gasteiger partial charge in [-0.3, -0.25) is 9.59 Å². The standard InChI is InChI=1S/C7H11NO4S/c1-5(3-6(2)9)8-7(10)4-13(8,11)12/h5H,3-4H2,1-2H3. The van der Waals surface area contributed by atoms with Crippen LogP contribution < -0.4 is 0 Å². The highest BCUT2D eigenvalue weighted by molar-refractivity contribution is 7.92. The van der Waals surface area contributed by atoms with Crippen molar-refractivity contribution in [1.29, 1.82) is 0 Å². The summed E-state index contributed by atoms with van der Waals surface area (Å²) in [6, 6.07) is -0.538. The highest BCUT2D eigenvalue weighted by Crippen LogP contribution is 2.20. The average molecular weight is 205 g/mol. The molecule has 0 saturated carbocycles. The Balaban J connectivity index is 2.72. The monoisotopic (exact) mass is 205 g/mol. The maximum Gasteiger partial charge on any atom is 0.253 e. The van der Waals surface area contributed by atoms with Crippen LogP contribution in [0.5, 0.6) is 0 Å². The van der Waals surface area contributed by atoms with Gasteiger partial charge in [0.2, 0.25) is 10.0 Å². The Kier molecular flexibility index (Phi) is 2.42. The topological polar surface area (TPSA) is 71.5 Å². The summed E-state index contributed by atoms with van der Waals surface area (Å²) in [6.07, 6.45) is 0.0883. The number of carbonyl (C=O) groups excluding carboxylic acids is 2. The molecular formula is C7H11NO4S. The average Bonchev–Trinajstić information content (AvgIpc) is 1.80. The lowest BCUT2D eigenvalue weighted by atomic mass is 10.2. The molecule has 0 radical (unpaired) electrons. The second kappa shape index (κ2) is 3.10. The summed E-state index contributed by atoms with van der Waals surface area (Å²) in [5.74, 6) is -0.967. The first kappa shape index (κ1) is 10.2. The summed E-state index contributed by atoms with van der Waals surface area (Å²) in [5.41, 5.74) is 0. The van der Waals surface area contributed by atoms with Crippen molar-refractivity contribution in [2.75, 3.05) is 5.75 Å². The van der Waals surface area contributed by atoms with Crippen molar-refractivity contribution < 1.29 is 18.0 Å². The van der Waals surface area contributed by atoms with Gasteiger partial charge in [0.1, 0.15) is 11.5 Å². The number of nitrogens with zero attached hydrogens (tertiary/aromatic N) is 1. The molecular weight excluding hydrogens is 194 g/mol. The van der Waals surface area contributed by atoms with Gasteiger partial charge in [-0.1, -0.05) is 0 Å². The summed E-state index contributed by atoms with van der Waals surface area (Å²) in [6.45, 7) is 2.92. The highest BCUT2D eigenvalue weighted by atomic mass is 32.2. The van der Waals surface area contributed by atoms with Crippen LogP contribution in [0.4, 0.5) is 0 Å². The first-order valence-corrected chi connectivity index (χ1v) is 5.50. The number of hydrogen-bond acceptors (Lipinski definition) is 4. The van der Waals surface area contributed by atoms with Crippen LogP contribution in [0.2, 0.25) is 0 Å². The molecule has 0 aliphatic carbocycles. The molecule has 0 aromatic heterocycles. The molecule has 74 valence electrons. The summed E-state index contributed by atoms with van der Waals surface area (Å²) < 4.78 is 22.9. The van der Waals surface area contributed by atoms with E-state index in [0.717, 1.165) is 4.31 Å². The van der Waals surface area contributed by atoms with Crippen LogP contribution in [-0.4, -0.2) is 36.2 Å². The van der Waals surface area contributed by atoms with E-state index in [9.17, 15) is 18.0 Å². The summed E-state index contributed by atoms with van der Waals surface area (Å²) in [5, 5.41) is 0. The van der Waals surface area contributed by atoms with E-state index in [1.165, 1.54) is 6.92 Å². The minimum Gasteiger partial charge on any atom is -0.300 e. The molecule has 5 nitrogen and oxygen atoms in total. The fraction of sp³-hybridized carbons (Fsp3) is 0.714. The van der Waals surface area contributed by atoms with Crippen LogP contribution in [0, 0.1) is 0 Å². The Morgan fingerprint density at radius 3 is 2.46 bits per heavy atom. The molecule has 1 fully saturated rings. The molecule has 0 spiro atoms. The number of Topliss-reactive ketones (excluding diaryl/α,β-unsaturated/α-hetero) is 1. The normalized spacial score (nSPS) is 22.3. The van der Waals surface area contributed by atoms with Gasteiger partial charge in [-0.2, -0.15) is 0 Å². The van der Waals surface area contributed by atoms with Crippen molar-refractivity contribution >= 4 is 21.7 Å². The number of carbonyl (C=O) groups is 2. The van der Waals surface area contributed by atoms with E-state index >= 15 is 0 Å². The summed E-state index contributed by atoms with van der Waals surface area (Å²) in [4.78, 5) is 21.6. The van der Waals surface area contributed by atoms with Crippen LogP contribution in [0.3, 0.4) is 0 Å². The third-order valence-corrected chi connectivity index (χ3v) is 3.61. The van der Waals surface area contributed by atoms with Crippen molar-refractivity contribution in [3.8, 4) is 0 Å². The largest absolute Gasteiger partial charge is 0.300 e. The Hall–Kier alpha value is -0.910. The second-order valence-corrected chi connectivity index (χ2v) is 5.05. The van der Waals surface area contributed by atoms with Gasteiger partial charge in [-0.25, -0.2) is 12.7 Å². The van der Waals surface area contributed by atoms with E-state index in [1.54, 1.807) is 6.92 Å². The molecule has 0 aromatic carbocycles. The zero-order valence-corrected chi connectivity index (χ0v) is 8.30. The van der Waals surface area contributed by atoms with Crippen LogP contribution in [0.1, 0.15) is 20.3 Å². The van der Waals surface area contributed by atoms with Gasteiger partial charge in [0, 0.05) is 6.42 Å². The van der Waals surface area contributed by atoms with Gasteiger partial charge in [0.25, 0.3) is 5.91 Å². The van der Waals surface area contributed by atoms with E-state index in [4.69, 9.17) is 0 Å². The number of hydrogen-bond donors (Lipinski definition) is 0. The Morgan fingerprint density at radius 1 is 1.62 bits per heavy atom. The predicted molar refractivity (Wildman–Crippen MR) is 45.4 cm³/mol. The van der Waals surface area contributed by atoms with E-state index < -0.39 is 27.7 Å². The van der Waals surface area contributed by atoms with Gasteiger partial charge < -0.3 is 0 Å². The SMILES string of the molecule is CC(=O)CC(C)N1C(=O)CS1(=O)=O. The Labute approximate surface area is 76.8 Å². The van der Waals surface area contributed by atoms with Crippen LogP contribution in [0.25, 0.3) is 0 Å². The van der Waals surface area contributed by atoms with Crippen LogP contribution in [-0.2, 0) is 19.6 Å². The molecule has 0 aromatic rings. The van der Waals surface area contributed by atoms with Crippen molar-refractivity contribution in [3.63, 3.8) is 0 Å². The molecule has 1 heterocycles. The summed E-state index contributed by atoms with van der Waals surface area (Å²) in [7, 11) is -3.38. The minimum absolute atomic E-state index is 0.0883. The molecule has 0 N–H and O–H groups in total. The quantitative estimate of drug-likeness (QED) is 0.624. The molecule has 1 aliphatic rings. The highest BCUT2D eigenvalue weighted by Gasteiger charge is 2.44. The lowest BCUT2D eigenvalue weighted by molar-refractivity contribution is -0.128. The van der Waals surface area contributed by atoms with E-state index in [-0.39, 0.29) is 12.2 Å². The first-order chi connectivity index (χ1) is 5.84. The van der Waals surface area contributed by atoms with Gasteiger partial charge in [-0.15, -0.1) is 0 Å². The van der Waals surface area contributed by atoms with Gasteiger partial charge >= 0.3 is 0 Å². The fourth-order valence-electron chi connectivity index (χ4n) is 1.39. The molecule has 1 amide bonds. The van der Waals surface area contributed by atoms with Crippen molar-refractivity contribution in [2.45, 2.75) is 26.3 Å². The van der Waals surface area contributed by atoms with Crippen molar-refractivity contribution in [1.82, 2.24) is 4.31 Å². The minimum atomic E-state index is -3.38. The van der Waals surface area contributed by atoms with E-state index in [0.29, 0.717) is 0 Å². The zero-order chi connectivity index (χ0) is 10.2. The zero-order valence-electron chi connectivity index (χ0n) is 7.48. The molecule has 1 aliphatic heterocycles. The first-order valence-electron chi connectivity index (χ1n) is 3.89. The lowest BCUT2D eigenvalue weighted by Crippen LogP contribution is -2.57. The third-order valence-electron chi connectivity index (χ3n) is 1.83. The maximum atomic E-state index is 11.0. The lowest BCUT2D eigenvalue weighted by Gasteiger charge is -2.34. The van der Waals surface area contributed by atoms with Crippen molar-refractivity contribution in [2.24, 2.45) is 0 Å². The molecule has 13 heavy (non-hydrogen) atoms. The van der Waals surface area contributed by atoms with E-state index in [1.807, 2.05) is 0 Å². The molecule has 1 unspecified atom stereocenters. The number of rotatable bonds is 3. The maximum absolute atomic E-state index is 11.0. The molecule has 1 rings (SSSR count). The van der Waals surface area contributed by atoms with Crippen molar-refractivity contribution in [3.05, 3.63) is 0 Å². The van der Waals surface area contributed by atoms with E-state index in [2.05, 4.69) is 0 Å². The van der Waals surface area contributed by atoms with Gasteiger partial charge in [0.05, 0.1) is 6.04 Å². The molecule has 6 heteroatoms. The second-order valence-electron chi connectivity index (χ2n) is 3.20. The van der Waals surface area contributed by atoms with Crippen LogP contribution in [0.15, 0.2) is 0 Å². The van der Waals surface area contributed by atoms with Gasteiger partial charge in [-0.05, 0) is 13.8 Å². The Bertz CT molecular complexity index is 346. The molecule has 1 atom stereocenters. The Morgan fingerprint density at radius 2 is 2.15 bits per heavy atom. The van der Waals surface area contributed by atoms with Gasteiger partial charge in [0.15, 0.2) is 0 Å². The predicted octanol–water partition coefficient (Wildman–Crippen LogP) is -0.474.